The van der Waals surface area contributed by atoms with Gasteiger partial charge in [0, 0.05) is 6.54 Å². The van der Waals surface area contributed by atoms with Gasteiger partial charge >= 0.3 is 18.2 Å². The van der Waals surface area contributed by atoms with Crippen LogP contribution in [0.15, 0.2) is 24.3 Å². The third-order valence-electron chi connectivity index (χ3n) is 2.74. The number of carbonyl (C=O) groups excluding carboxylic acids is 2. The summed E-state index contributed by atoms with van der Waals surface area (Å²) in [6.07, 6.45) is -4.57. The van der Waals surface area contributed by atoms with E-state index in [1.807, 2.05) is 0 Å². The molecule has 8 heteroatoms. The maximum absolute atomic E-state index is 12.8. The number of nitrogens with one attached hydrogen (secondary N) is 2. The Labute approximate surface area is 125 Å². The number of anilines is 1. The van der Waals surface area contributed by atoms with E-state index in [9.17, 15) is 22.8 Å². The first kappa shape index (κ1) is 17.8. The summed E-state index contributed by atoms with van der Waals surface area (Å²) >= 11 is 0. The molecule has 0 saturated carbocycles. The van der Waals surface area contributed by atoms with Gasteiger partial charge in [-0.15, -0.1) is 0 Å². The van der Waals surface area contributed by atoms with Gasteiger partial charge in [-0.05, 0) is 19.1 Å². The number of hydrogen-bond acceptors (Lipinski definition) is 3. The molecule has 0 aliphatic carbocycles. The van der Waals surface area contributed by atoms with Gasteiger partial charge in [0.2, 0.25) is 0 Å². The predicted molar refractivity (Wildman–Crippen MR) is 74.3 cm³/mol. The van der Waals surface area contributed by atoms with Crippen LogP contribution in [0.4, 0.5) is 23.7 Å². The minimum absolute atomic E-state index is 0.0428. The molecule has 2 amide bonds. The molecule has 1 atom stereocenters. The van der Waals surface area contributed by atoms with E-state index in [0.717, 1.165) is 12.1 Å². The van der Waals surface area contributed by atoms with Crippen molar-refractivity contribution >= 4 is 17.7 Å². The Morgan fingerprint density at radius 1 is 1.27 bits per heavy atom. The van der Waals surface area contributed by atoms with Crippen molar-refractivity contribution in [2.45, 2.75) is 20.0 Å². The molecule has 0 spiro atoms. The second-order valence-electron chi connectivity index (χ2n) is 4.53. The summed E-state index contributed by atoms with van der Waals surface area (Å²) in [7, 11) is 0. The number of halogens is 3. The lowest BCUT2D eigenvalue weighted by molar-refractivity contribution is -0.147. The van der Waals surface area contributed by atoms with E-state index >= 15 is 0 Å². The van der Waals surface area contributed by atoms with Gasteiger partial charge in [-0.1, -0.05) is 19.1 Å². The highest BCUT2D eigenvalue weighted by Gasteiger charge is 2.33. The van der Waals surface area contributed by atoms with Crippen molar-refractivity contribution in [3.05, 3.63) is 29.8 Å². The Morgan fingerprint density at radius 3 is 2.50 bits per heavy atom. The monoisotopic (exact) mass is 318 g/mol. The minimum Gasteiger partial charge on any atom is -0.466 e. The zero-order chi connectivity index (χ0) is 16.8. The first-order valence-electron chi connectivity index (χ1n) is 6.63. The molecule has 0 aliphatic heterocycles. The van der Waals surface area contributed by atoms with Crippen LogP contribution in [-0.2, 0) is 15.7 Å². The highest BCUT2D eigenvalue weighted by Crippen LogP contribution is 2.34. The fraction of sp³-hybridized carbons (Fsp3) is 0.429. The largest absolute Gasteiger partial charge is 0.466 e. The maximum atomic E-state index is 12.8. The number of esters is 1. The third-order valence-corrected chi connectivity index (χ3v) is 2.74. The number of rotatable bonds is 5. The molecule has 0 aromatic heterocycles. The lowest BCUT2D eigenvalue weighted by Gasteiger charge is -2.15. The van der Waals surface area contributed by atoms with E-state index < -0.39 is 29.7 Å². The molecule has 1 unspecified atom stereocenters. The molecule has 0 aliphatic rings. The van der Waals surface area contributed by atoms with E-state index in [4.69, 9.17) is 4.74 Å². The summed E-state index contributed by atoms with van der Waals surface area (Å²) in [6, 6.07) is 3.81. The normalized spacial score (nSPS) is 12.4. The molecule has 1 rings (SSSR count). The molecule has 0 saturated heterocycles. The second kappa shape index (κ2) is 7.67. The number of urea groups is 1. The van der Waals surface area contributed by atoms with Gasteiger partial charge < -0.3 is 15.4 Å². The Morgan fingerprint density at radius 2 is 1.91 bits per heavy atom. The Bertz CT molecular complexity index is 532. The van der Waals surface area contributed by atoms with Crippen LogP contribution in [0.5, 0.6) is 0 Å². The summed E-state index contributed by atoms with van der Waals surface area (Å²) in [4.78, 5) is 23.0. The van der Waals surface area contributed by atoms with E-state index in [2.05, 4.69) is 10.6 Å². The van der Waals surface area contributed by atoms with Crippen molar-refractivity contribution in [2.75, 3.05) is 18.5 Å². The Balaban J connectivity index is 2.62. The van der Waals surface area contributed by atoms with Gasteiger partial charge in [-0.3, -0.25) is 4.79 Å². The van der Waals surface area contributed by atoms with Crippen molar-refractivity contribution in [1.29, 1.82) is 0 Å². The molecule has 2 N–H and O–H groups in total. The number of alkyl halides is 3. The third kappa shape index (κ3) is 5.27. The minimum atomic E-state index is -4.57. The Hall–Kier alpha value is -2.25. The summed E-state index contributed by atoms with van der Waals surface area (Å²) in [5.74, 6) is -1.08. The molecular formula is C14H17F3N2O3. The van der Waals surface area contributed by atoms with Crippen molar-refractivity contribution in [3.8, 4) is 0 Å². The van der Waals surface area contributed by atoms with Crippen LogP contribution in [0.3, 0.4) is 0 Å². The predicted octanol–water partition coefficient (Wildman–Crippen LogP) is 3.03. The average Bonchev–Trinajstić information content (AvgIpc) is 2.44. The molecule has 1 aromatic carbocycles. The van der Waals surface area contributed by atoms with Crippen molar-refractivity contribution < 1.29 is 27.5 Å². The number of para-hydroxylation sites is 1. The standard InChI is InChI=1S/C14H17F3N2O3/c1-3-22-12(20)9(2)8-18-13(21)19-11-7-5-4-6-10(11)14(15,16)17/h4-7,9H,3,8H2,1-2H3,(H2,18,19,21). The van der Waals surface area contributed by atoms with Crippen LogP contribution in [0.1, 0.15) is 19.4 Å². The molecule has 0 fully saturated rings. The number of benzene rings is 1. The lowest BCUT2D eigenvalue weighted by atomic mass is 10.1. The topological polar surface area (TPSA) is 67.4 Å². The van der Waals surface area contributed by atoms with Crippen LogP contribution in [0, 0.1) is 5.92 Å². The molecule has 0 heterocycles. The summed E-state index contributed by atoms with van der Waals surface area (Å²) < 4.78 is 43.1. The Kier molecular flexibility index (Phi) is 6.21. The zero-order valence-electron chi connectivity index (χ0n) is 12.2. The second-order valence-corrected chi connectivity index (χ2v) is 4.53. The first-order chi connectivity index (χ1) is 10.3. The molecule has 1 aromatic rings. The highest BCUT2D eigenvalue weighted by molar-refractivity contribution is 5.90. The SMILES string of the molecule is CCOC(=O)C(C)CNC(=O)Nc1ccccc1C(F)(F)F. The van der Waals surface area contributed by atoms with Gasteiger partial charge in [0.05, 0.1) is 23.8 Å². The fourth-order valence-electron chi connectivity index (χ4n) is 1.62. The maximum Gasteiger partial charge on any atom is 0.418 e. The molecular weight excluding hydrogens is 301 g/mol. The van der Waals surface area contributed by atoms with Gasteiger partial charge in [0.15, 0.2) is 0 Å². The molecule has 0 radical (unpaired) electrons. The van der Waals surface area contributed by atoms with Crippen molar-refractivity contribution in [2.24, 2.45) is 5.92 Å². The summed E-state index contributed by atoms with van der Waals surface area (Å²) in [6.45, 7) is 3.37. The van der Waals surface area contributed by atoms with E-state index in [1.165, 1.54) is 12.1 Å². The van der Waals surface area contributed by atoms with Gasteiger partial charge in [0.1, 0.15) is 0 Å². The highest BCUT2D eigenvalue weighted by atomic mass is 19.4. The van der Waals surface area contributed by atoms with Crippen molar-refractivity contribution in [3.63, 3.8) is 0 Å². The molecule has 0 bridgehead atoms. The van der Waals surface area contributed by atoms with Crippen molar-refractivity contribution in [1.82, 2.24) is 5.32 Å². The van der Waals surface area contributed by atoms with E-state index in [0.29, 0.717) is 0 Å². The van der Waals surface area contributed by atoms with Gasteiger partial charge in [-0.25, -0.2) is 4.79 Å². The van der Waals surface area contributed by atoms with Gasteiger partial charge in [0.25, 0.3) is 0 Å². The van der Waals surface area contributed by atoms with Crippen LogP contribution in [0.2, 0.25) is 0 Å². The van der Waals surface area contributed by atoms with E-state index in [1.54, 1.807) is 13.8 Å². The van der Waals surface area contributed by atoms with Gasteiger partial charge in [-0.2, -0.15) is 13.2 Å². The molecule has 5 nitrogen and oxygen atoms in total. The average molecular weight is 318 g/mol. The van der Waals surface area contributed by atoms with Crippen LogP contribution >= 0.6 is 0 Å². The fourth-order valence-corrected chi connectivity index (χ4v) is 1.62. The summed E-state index contributed by atoms with van der Waals surface area (Å²) in [5, 5.41) is 4.45. The molecule has 22 heavy (non-hydrogen) atoms. The van der Waals surface area contributed by atoms with E-state index in [-0.39, 0.29) is 18.8 Å². The summed E-state index contributed by atoms with van der Waals surface area (Å²) in [5.41, 5.74) is -1.29. The van der Waals surface area contributed by atoms with Crippen LogP contribution in [-0.4, -0.2) is 25.2 Å². The van der Waals surface area contributed by atoms with Crippen LogP contribution in [0.25, 0.3) is 0 Å². The molecule has 122 valence electrons. The number of hydrogen-bond donors (Lipinski definition) is 2. The van der Waals surface area contributed by atoms with Crippen LogP contribution < -0.4 is 10.6 Å². The number of amides is 2. The smallest absolute Gasteiger partial charge is 0.418 e. The quantitative estimate of drug-likeness (QED) is 0.820. The zero-order valence-corrected chi connectivity index (χ0v) is 12.2. The number of ether oxygens (including phenoxy) is 1. The number of carbonyl (C=O) groups is 2. The lowest BCUT2D eigenvalue weighted by Crippen LogP contribution is -2.35. The first-order valence-corrected chi connectivity index (χ1v) is 6.63.